The SMILES string of the molecule is O=C(O)c1cc(-c2ccc(F)cc2Oc2ccc(-c3ccc(F)cc3F)cc2C(=O)O)ccc1O. The smallest absolute Gasteiger partial charge is 0.339 e. The third-order valence-electron chi connectivity index (χ3n) is 5.15. The van der Waals surface area contributed by atoms with E-state index in [4.69, 9.17) is 4.74 Å². The predicted molar refractivity (Wildman–Crippen MR) is 119 cm³/mol. The van der Waals surface area contributed by atoms with E-state index in [0.29, 0.717) is 6.07 Å². The first-order valence-corrected chi connectivity index (χ1v) is 10.0. The Morgan fingerprint density at radius 1 is 0.629 bits per heavy atom. The largest absolute Gasteiger partial charge is 0.507 e. The quantitative estimate of drug-likeness (QED) is 0.298. The normalized spacial score (nSPS) is 10.7. The number of ether oxygens (including phenoxy) is 1. The van der Waals surface area contributed by atoms with Crippen molar-refractivity contribution >= 4 is 11.9 Å². The zero-order chi connectivity index (χ0) is 25.3. The summed E-state index contributed by atoms with van der Waals surface area (Å²) in [7, 11) is 0. The molecule has 35 heavy (non-hydrogen) atoms. The minimum absolute atomic E-state index is 0.0304. The van der Waals surface area contributed by atoms with Crippen LogP contribution in [-0.2, 0) is 0 Å². The summed E-state index contributed by atoms with van der Waals surface area (Å²) in [5.41, 5.74) is -0.169. The monoisotopic (exact) mass is 480 g/mol. The van der Waals surface area contributed by atoms with Gasteiger partial charge in [0.25, 0.3) is 0 Å². The number of carboxylic acids is 2. The van der Waals surface area contributed by atoms with Gasteiger partial charge in [0.1, 0.15) is 45.8 Å². The number of benzene rings is 4. The maximum absolute atomic E-state index is 14.2. The standard InChI is InChI=1S/C26H15F3O6/c27-15-3-5-17(21(29)11-15)13-2-8-23(20(10-13)26(33)34)35-24-12-16(28)4-6-18(24)14-1-7-22(30)19(9-14)25(31)32/h1-12,30H,(H,31,32)(H,33,34). The highest BCUT2D eigenvalue weighted by atomic mass is 19.1. The molecule has 0 unspecified atom stereocenters. The van der Waals surface area contributed by atoms with Crippen molar-refractivity contribution in [1.82, 2.24) is 0 Å². The Bertz CT molecular complexity index is 1480. The van der Waals surface area contributed by atoms with Gasteiger partial charge < -0.3 is 20.1 Å². The molecule has 0 fully saturated rings. The lowest BCUT2D eigenvalue weighted by Gasteiger charge is -2.15. The Labute approximate surface area is 196 Å². The van der Waals surface area contributed by atoms with Gasteiger partial charge in [-0.3, -0.25) is 0 Å². The fourth-order valence-corrected chi connectivity index (χ4v) is 3.49. The average molecular weight is 480 g/mol. The number of aromatic hydroxyl groups is 1. The van der Waals surface area contributed by atoms with Gasteiger partial charge in [-0.05, 0) is 59.7 Å². The van der Waals surface area contributed by atoms with Crippen molar-refractivity contribution in [2.24, 2.45) is 0 Å². The summed E-state index contributed by atoms with van der Waals surface area (Å²) in [6, 6.07) is 13.7. The van der Waals surface area contributed by atoms with Gasteiger partial charge in [-0.15, -0.1) is 0 Å². The molecule has 0 atom stereocenters. The maximum Gasteiger partial charge on any atom is 0.339 e. The fraction of sp³-hybridized carbons (Fsp3) is 0. The van der Waals surface area contributed by atoms with Crippen LogP contribution in [0.5, 0.6) is 17.2 Å². The van der Waals surface area contributed by atoms with Crippen molar-refractivity contribution in [3.8, 4) is 39.5 Å². The van der Waals surface area contributed by atoms with Crippen LogP contribution in [0.3, 0.4) is 0 Å². The summed E-state index contributed by atoms with van der Waals surface area (Å²) >= 11 is 0. The molecule has 6 nitrogen and oxygen atoms in total. The molecule has 0 amide bonds. The van der Waals surface area contributed by atoms with Crippen molar-refractivity contribution in [3.05, 3.63) is 101 Å². The van der Waals surface area contributed by atoms with E-state index >= 15 is 0 Å². The van der Waals surface area contributed by atoms with Gasteiger partial charge in [-0.2, -0.15) is 0 Å². The summed E-state index contributed by atoms with van der Waals surface area (Å²) < 4.78 is 47.2. The van der Waals surface area contributed by atoms with Crippen LogP contribution in [0, 0.1) is 17.5 Å². The van der Waals surface area contributed by atoms with Gasteiger partial charge in [-0.1, -0.05) is 12.1 Å². The Morgan fingerprint density at radius 3 is 1.86 bits per heavy atom. The number of hydrogen-bond donors (Lipinski definition) is 3. The summed E-state index contributed by atoms with van der Waals surface area (Å²) in [5.74, 6) is -5.98. The second-order valence-corrected chi connectivity index (χ2v) is 7.42. The van der Waals surface area contributed by atoms with Crippen LogP contribution in [0.2, 0.25) is 0 Å². The third-order valence-corrected chi connectivity index (χ3v) is 5.15. The molecule has 0 aliphatic heterocycles. The minimum Gasteiger partial charge on any atom is -0.507 e. The van der Waals surface area contributed by atoms with Crippen molar-refractivity contribution in [2.75, 3.05) is 0 Å². The van der Waals surface area contributed by atoms with Gasteiger partial charge in [0.05, 0.1) is 0 Å². The number of carboxylic acid groups (broad SMARTS) is 2. The maximum atomic E-state index is 14.2. The first kappa shape index (κ1) is 23.4. The van der Waals surface area contributed by atoms with Gasteiger partial charge in [-0.25, -0.2) is 22.8 Å². The van der Waals surface area contributed by atoms with Crippen LogP contribution in [0.4, 0.5) is 13.2 Å². The zero-order valence-electron chi connectivity index (χ0n) is 17.6. The van der Waals surface area contributed by atoms with Gasteiger partial charge in [0.2, 0.25) is 0 Å². The molecular weight excluding hydrogens is 465 g/mol. The fourth-order valence-electron chi connectivity index (χ4n) is 3.49. The molecule has 3 N–H and O–H groups in total. The van der Waals surface area contributed by atoms with E-state index in [9.17, 15) is 38.1 Å². The van der Waals surface area contributed by atoms with Crippen LogP contribution in [0.15, 0.2) is 72.8 Å². The molecule has 176 valence electrons. The number of rotatable bonds is 6. The topological polar surface area (TPSA) is 104 Å². The molecule has 0 aromatic heterocycles. The molecule has 9 heteroatoms. The van der Waals surface area contributed by atoms with Crippen molar-refractivity contribution in [3.63, 3.8) is 0 Å². The van der Waals surface area contributed by atoms with Crippen molar-refractivity contribution < 1.29 is 42.8 Å². The van der Waals surface area contributed by atoms with E-state index in [1.165, 1.54) is 30.3 Å². The molecule has 4 aromatic carbocycles. The number of hydrogen-bond acceptors (Lipinski definition) is 4. The lowest BCUT2D eigenvalue weighted by molar-refractivity contribution is 0.0682. The first-order valence-electron chi connectivity index (χ1n) is 10.0. The van der Waals surface area contributed by atoms with Gasteiger partial charge in [0.15, 0.2) is 0 Å². The molecule has 0 bridgehead atoms. The number of halogens is 3. The molecule has 4 rings (SSSR count). The Hall–Kier alpha value is -4.79. The highest BCUT2D eigenvalue weighted by Crippen LogP contribution is 2.38. The van der Waals surface area contributed by atoms with E-state index in [2.05, 4.69) is 0 Å². The molecule has 0 radical (unpaired) electrons. The highest BCUT2D eigenvalue weighted by Gasteiger charge is 2.19. The molecule has 0 heterocycles. The third kappa shape index (κ3) is 4.79. The Balaban J connectivity index is 1.79. The van der Waals surface area contributed by atoms with Crippen molar-refractivity contribution in [2.45, 2.75) is 0 Å². The Morgan fingerprint density at radius 2 is 1.20 bits per heavy atom. The second kappa shape index (κ2) is 9.22. The molecule has 0 aliphatic rings. The molecule has 0 spiro atoms. The summed E-state index contributed by atoms with van der Waals surface area (Å²) in [4.78, 5) is 23.3. The molecular formula is C26H15F3O6. The molecule has 0 saturated heterocycles. The van der Waals surface area contributed by atoms with Gasteiger partial charge in [0, 0.05) is 23.3 Å². The van der Waals surface area contributed by atoms with E-state index in [-0.39, 0.29) is 39.3 Å². The number of phenols is 1. The summed E-state index contributed by atoms with van der Waals surface area (Å²) in [6.45, 7) is 0. The number of carbonyl (C=O) groups is 2. The van der Waals surface area contributed by atoms with E-state index in [0.717, 1.165) is 36.4 Å². The number of aromatic carboxylic acids is 2. The lowest BCUT2D eigenvalue weighted by Crippen LogP contribution is -2.02. The Kier molecular flexibility index (Phi) is 6.16. The van der Waals surface area contributed by atoms with Crippen LogP contribution in [-0.4, -0.2) is 27.3 Å². The van der Waals surface area contributed by atoms with Crippen molar-refractivity contribution in [1.29, 1.82) is 0 Å². The highest BCUT2D eigenvalue weighted by molar-refractivity contribution is 5.94. The molecule has 0 saturated carbocycles. The minimum atomic E-state index is -1.42. The van der Waals surface area contributed by atoms with E-state index < -0.39 is 40.7 Å². The summed E-state index contributed by atoms with van der Waals surface area (Å²) in [6.07, 6.45) is 0. The predicted octanol–water partition coefficient (Wildman–Crippen LogP) is 6.33. The molecule has 4 aromatic rings. The van der Waals surface area contributed by atoms with E-state index in [1.54, 1.807) is 0 Å². The van der Waals surface area contributed by atoms with Crippen LogP contribution >= 0.6 is 0 Å². The lowest BCUT2D eigenvalue weighted by atomic mass is 10.0. The first-order chi connectivity index (χ1) is 16.6. The van der Waals surface area contributed by atoms with Crippen LogP contribution in [0.25, 0.3) is 22.3 Å². The average Bonchev–Trinajstić information content (AvgIpc) is 2.80. The summed E-state index contributed by atoms with van der Waals surface area (Å²) in [5, 5.41) is 28.7. The van der Waals surface area contributed by atoms with E-state index in [1.807, 2.05) is 0 Å². The second-order valence-electron chi connectivity index (χ2n) is 7.42. The van der Waals surface area contributed by atoms with Crippen LogP contribution < -0.4 is 4.74 Å². The zero-order valence-corrected chi connectivity index (χ0v) is 17.6. The molecule has 0 aliphatic carbocycles. The van der Waals surface area contributed by atoms with Gasteiger partial charge >= 0.3 is 11.9 Å². The van der Waals surface area contributed by atoms with Crippen LogP contribution in [0.1, 0.15) is 20.7 Å².